The lowest BCUT2D eigenvalue weighted by molar-refractivity contribution is -0.127. The van der Waals surface area contributed by atoms with E-state index in [4.69, 9.17) is 14.7 Å². The highest BCUT2D eigenvalue weighted by Gasteiger charge is 2.19. The van der Waals surface area contributed by atoms with Crippen molar-refractivity contribution in [1.29, 1.82) is 5.26 Å². The second kappa shape index (κ2) is 7.77. The highest BCUT2D eigenvalue weighted by molar-refractivity contribution is 5.95. The van der Waals surface area contributed by atoms with Crippen LogP contribution in [-0.2, 0) is 14.3 Å². The largest absolute Gasteiger partial charge is 0.379 e. The van der Waals surface area contributed by atoms with Crippen molar-refractivity contribution in [1.82, 2.24) is 0 Å². The first kappa shape index (κ1) is 17.2. The van der Waals surface area contributed by atoms with Gasteiger partial charge in [0.25, 0.3) is 5.91 Å². The van der Waals surface area contributed by atoms with E-state index in [1.54, 1.807) is 38.3 Å². The molecule has 0 spiro atoms. The number of hydrogen-bond acceptors (Lipinski definition) is 4. The zero-order valence-electron chi connectivity index (χ0n) is 13.0. The van der Waals surface area contributed by atoms with Gasteiger partial charge in [0.15, 0.2) is 0 Å². The summed E-state index contributed by atoms with van der Waals surface area (Å²) in [4.78, 5) is 12.0. The Balaban J connectivity index is 2.50. The molecule has 0 bridgehead atoms. The Morgan fingerprint density at radius 3 is 2.71 bits per heavy atom. The van der Waals surface area contributed by atoms with Crippen molar-refractivity contribution in [3.63, 3.8) is 0 Å². The van der Waals surface area contributed by atoms with Gasteiger partial charge in [0.1, 0.15) is 12.2 Å². The lowest BCUT2D eigenvalue weighted by Crippen LogP contribution is -2.31. The Morgan fingerprint density at radius 2 is 2.10 bits per heavy atom. The number of nitrogens with zero attached hydrogens (tertiary/aromatic N) is 1. The van der Waals surface area contributed by atoms with Gasteiger partial charge in [-0.15, -0.1) is 0 Å². The van der Waals surface area contributed by atoms with E-state index < -0.39 is 6.10 Å². The van der Waals surface area contributed by atoms with Crippen LogP contribution in [0.15, 0.2) is 24.3 Å². The maximum Gasteiger partial charge on any atom is 0.253 e. The molecule has 1 aromatic rings. The van der Waals surface area contributed by atoms with E-state index in [1.165, 1.54) is 0 Å². The predicted molar refractivity (Wildman–Crippen MR) is 80.9 cm³/mol. The molecule has 114 valence electrons. The van der Waals surface area contributed by atoms with Gasteiger partial charge in [0.2, 0.25) is 0 Å². The number of benzene rings is 1. The first-order chi connectivity index (χ1) is 9.89. The molecular formula is C16H22N2O3. The summed E-state index contributed by atoms with van der Waals surface area (Å²) >= 11 is 0. The molecule has 1 N–H and O–H groups in total. The van der Waals surface area contributed by atoms with E-state index >= 15 is 0 Å². The molecular weight excluding hydrogens is 268 g/mol. The van der Waals surface area contributed by atoms with Crippen LogP contribution < -0.4 is 5.32 Å². The summed E-state index contributed by atoms with van der Waals surface area (Å²) in [6.45, 7) is 6.04. The molecule has 1 rings (SSSR count). The molecule has 5 nitrogen and oxygen atoms in total. The highest BCUT2D eigenvalue weighted by Crippen LogP contribution is 2.15. The minimum absolute atomic E-state index is 0.270. The lowest BCUT2D eigenvalue weighted by Gasteiger charge is -2.23. The zero-order chi connectivity index (χ0) is 15.9. The Labute approximate surface area is 125 Å². The number of methoxy groups -OCH3 is 1. The van der Waals surface area contributed by atoms with Gasteiger partial charge in [-0.05, 0) is 39.3 Å². The molecule has 1 unspecified atom stereocenters. The third kappa shape index (κ3) is 5.54. The second-order valence-electron chi connectivity index (χ2n) is 5.37. The maximum absolute atomic E-state index is 12.0. The van der Waals surface area contributed by atoms with Gasteiger partial charge in [0.05, 0.1) is 23.5 Å². The first-order valence-electron chi connectivity index (χ1n) is 6.86. The van der Waals surface area contributed by atoms with Gasteiger partial charge < -0.3 is 14.8 Å². The Bertz CT molecular complexity index is 520. The molecule has 0 fully saturated rings. The Morgan fingerprint density at radius 1 is 1.43 bits per heavy atom. The molecule has 0 aliphatic carbocycles. The molecule has 1 aromatic carbocycles. The van der Waals surface area contributed by atoms with Crippen LogP contribution in [0, 0.1) is 11.3 Å². The third-order valence-corrected chi connectivity index (χ3v) is 3.30. The summed E-state index contributed by atoms with van der Waals surface area (Å²) in [5.74, 6) is -0.270. The van der Waals surface area contributed by atoms with Crippen molar-refractivity contribution >= 4 is 11.6 Å². The minimum Gasteiger partial charge on any atom is -0.379 e. The second-order valence-corrected chi connectivity index (χ2v) is 5.37. The fraction of sp³-hybridized carbons (Fsp3) is 0.500. The number of para-hydroxylation sites is 1. The van der Waals surface area contributed by atoms with Crippen molar-refractivity contribution in [3.8, 4) is 6.07 Å². The molecule has 1 atom stereocenters. The number of anilines is 1. The SMILES string of the molecule is COC(C)(C)CCOC(C)C(=O)Nc1ccccc1C#N. The fourth-order valence-electron chi connectivity index (χ4n) is 1.58. The van der Waals surface area contributed by atoms with E-state index in [0.29, 0.717) is 24.3 Å². The fourth-order valence-corrected chi connectivity index (χ4v) is 1.58. The molecule has 0 saturated heterocycles. The van der Waals surface area contributed by atoms with Crippen LogP contribution in [-0.4, -0.2) is 31.3 Å². The van der Waals surface area contributed by atoms with Crippen LogP contribution in [0.25, 0.3) is 0 Å². The zero-order valence-corrected chi connectivity index (χ0v) is 13.0. The number of carbonyl (C=O) groups is 1. The van der Waals surface area contributed by atoms with Gasteiger partial charge in [0, 0.05) is 7.11 Å². The van der Waals surface area contributed by atoms with Crippen molar-refractivity contribution in [3.05, 3.63) is 29.8 Å². The average Bonchev–Trinajstić information content (AvgIpc) is 2.47. The van der Waals surface area contributed by atoms with E-state index in [2.05, 4.69) is 5.32 Å². The quantitative estimate of drug-likeness (QED) is 0.838. The standard InChI is InChI=1S/C16H22N2O3/c1-12(21-10-9-16(2,3)20-4)15(19)18-14-8-6-5-7-13(14)11-17/h5-8,12H,9-10H2,1-4H3,(H,18,19). The molecule has 21 heavy (non-hydrogen) atoms. The monoisotopic (exact) mass is 290 g/mol. The molecule has 0 aromatic heterocycles. The summed E-state index contributed by atoms with van der Waals surface area (Å²) < 4.78 is 10.8. The number of rotatable bonds is 7. The summed E-state index contributed by atoms with van der Waals surface area (Å²) in [5.41, 5.74) is 0.653. The number of hydrogen-bond donors (Lipinski definition) is 1. The molecule has 1 amide bonds. The van der Waals surface area contributed by atoms with Crippen LogP contribution >= 0.6 is 0 Å². The first-order valence-corrected chi connectivity index (χ1v) is 6.86. The van der Waals surface area contributed by atoms with Crippen LogP contribution in [0.4, 0.5) is 5.69 Å². The third-order valence-electron chi connectivity index (χ3n) is 3.30. The van der Waals surface area contributed by atoms with E-state index in [9.17, 15) is 4.79 Å². The van der Waals surface area contributed by atoms with Crippen LogP contribution in [0.5, 0.6) is 0 Å². The van der Waals surface area contributed by atoms with Gasteiger partial charge >= 0.3 is 0 Å². The lowest BCUT2D eigenvalue weighted by atomic mass is 10.1. The topological polar surface area (TPSA) is 71.3 Å². The molecule has 0 radical (unpaired) electrons. The summed E-state index contributed by atoms with van der Waals surface area (Å²) in [7, 11) is 1.65. The number of amides is 1. The number of ether oxygens (including phenoxy) is 2. The van der Waals surface area contributed by atoms with Crippen molar-refractivity contribution in [2.45, 2.75) is 38.9 Å². The van der Waals surface area contributed by atoms with Crippen molar-refractivity contribution in [2.75, 3.05) is 19.0 Å². The van der Waals surface area contributed by atoms with Crippen LogP contribution in [0.3, 0.4) is 0 Å². The molecule has 0 heterocycles. The number of nitrogens with one attached hydrogen (secondary N) is 1. The number of carbonyl (C=O) groups excluding carboxylic acids is 1. The van der Waals surface area contributed by atoms with E-state index in [0.717, 1.165) is 0 Å². The molecule has 0 aliphatic heterocycles. The summed E-state index contributed by atoms with van der Waals surface area (Å²) in [6.07, 6.45) is 0.0972. The summed E-state index contributed by atoms with van der Waals surface area (Å²) in [6, 6.07) is 8.90. The van der Waals surface area contributed by atoms with E-state index in [-0.39, 0.29) is 11.5 Å². The molecule has 0 saturated carbocycles. The van der Waals surface area contributed by atoms with Crippen LogP contribution in [0.2, 0.25) is 0 Å². The normalized spacial score (nSPS) is 12.5. The molecule has 0 aliphatic rings. The van der Waals surface area contributed by atoms with Gasteiger partial charge in [-0.25, -0.2) is 0 Å². The van der Waals surface area contributed by atoms with E-state index in [1.807, 2.05) is 19.9 Å². The number of nitriles is 1. The average molecular weight is 290 g/mol. The smallest absolute Gasteiger partial charge is 0.253 e. The summed E-state index contributed by atoms with van der Waals surface area (Å²) in [5, 5.41) is 11.7. The van der Waals surface area contributed by atoms with Crippen molar-refractivity contribution in [2.24, 2.45) is 0 Å². The minimum atomic E-state index is -0.593. The maximum atomic E-state index is 12.0. The molecule has 5 heteroatoms. The van der Waals surface area contributed by atoms with Crippen molar-refractivity contribution < 1.29 is 14.3 Å². The Kier molecular flexibility index (Phi) is 6.35. The highest BCUT2D eigenvalue weighted by atomic mass is 16.5. The van der Waals surface area contributed by atoms with Gasteiger partial charge in [-0.2, -0.15) is 5.26 Å². The van der Waals surface area contributed by atoms with Crippen LogP contribution in [0.1, 0.15) is 32.8 Å². The van der Waals surface area contributed by atoms with Gasteiger partial charge in [-0.1, -0.05) is 12.1 Å². The Hall–Kier alpha value is -1.90. The van der Waals surface area contributed by atoms with Gasteiger partial charge in [-0.3, -0.25) is 4.79 Å². The predicted octanol–water partition coefficient (Wildman–Crippen LogP) is 2.72.